The van der Waals surface area contributed by atoms with Gasteiger partial charge in [-0.05, 0) is 36.4 Å². The maximum Gasteiger partial charge on any atom is 0.251 e. The first-order valence-corrected chi connectivity index (χ1v) is 11.7. The lowest BCUT2D eigenvalue weighted by molar-refractivity contribution is 0.0907. The van der Waals surface area contributed by atoms with Crippen molar-refractivity contribution in [2.24, 2.45) is 0 Å². The zero-order chi connectivity index (χ0) is 23.8. The third-order valence-electron chi connectivity index (χ3n) is 6.21. The van der Waals surface area contributed by atoms with Crippen LogP contribution in [0.4, 0.5) is 0 Å². The highest BCUT2D eigenvalue weighted by Gasteiger charge is 2.22. The van der Waals surface area contributed by atoms with Crippen molar-refractivity contribution in [1.82, 2.24) is 15.1 Å². The Hall–Kier alpha value is -3.35. The number of rotatable bonds is 9. The van der Waals surface area contributed by atoms with Crippen molar-refractivity contribution in [1.29, 1.82) is 0 Å². The number of hydrogen-bond donors (Lipinski definition) is 1. The average molecular weight is 460 g/mol. The van der Waals surface area contributed by atoms with Crippen molar-refractivity contribution in [2.75, 3.05) is 46.9 Å². The topological polar surface area (TPSA) is 54.0 Å². The second kappa shape index (κ2) is 11.7. The van der Waals surface area contributed by atoms with E-state index in [1.807, 2.05) is 48.5 Å². The van der Waals surface area contributed by atoms with E-state index in [-0.39, 0.29) is 11.9 Å². The van der Waals surface area contributed by atoms with Gasteiger partial charge in [0.1, 0.15) is 6.61 Å². The van der Waals surface area contributed by atoms with Gasteiger partial charge in [-0.1, -0.05) is 60.7 Å². The van der Waals surface area contributed by atoms with Crippen LogP contribution in [-0.4, -0.2) is 62.6 Å². The monoisotopic (exact) mass is 459 g/mol. The number of ether oxygens (including phenoxy) is 2. The van der Waals surface area contributed by atoms with Crippen molar-refractivity contribution in [3.8, 4) is 11.5 Å². The van der Waals surface area contributed by atoms with Crippen LogP contribution in [0.15, 0.2) is 78.9 Å². The first-order chi connectivity index (χ1) is 16.6. The molecule has 0 aliphatic carbocycles. The summed E-state index contributed by atoms with van der Waals surface area (Å²) in [6.45, 7) is 5.28. The molecule has 0 saturated carbocycles. The number of nitrogens with zero attached hydrogens (tertiary/aromatic N) is 2. The molecule has 6 heteroatoms. The third-order valence-corrected chi connectivity index (χ3v) is 6.21. The van der Waals surface area contributed by atoms with E-state index < -0.39 is 0 Å². The molecular formula is C28H33N3O3. The highest BCUT2D eigenvalue weighted by atomic mass is 16.5. The fourth-order valence-electron chi connectivity index (χ4n) is 4.11. The van der Waals surface area contributed by atoms with Crippen LogP contribution in [-0.2, 0) is 6.61 Å². The van der Waals surface area contributed by atoms with E-state index in [9.17, 15) is 4.79 Å². The van der Waals surface area contributed by atoms with Gasteiger partial charge in [0.25, 0.3) is 5.91 Å². The van der Waals surface area contributed by atoms with Crippen LogP contribution in [0.2, 0.25) is 0 Å². The van der Waals surface area contributed by atoms with Crippen LogP contribution in [0.5, 0.6) is 11.5 Å². The molecule has 1 aliphatic rings. The molecule has 1 N–H and O–H groups in total. The smallest absolute Gasteiger partial charge is 0.251 e. The molecule has 178 valence electrons. The number of likely N-dealkylation sites (N-methyl/N-ethyl adjacent to an activating group) is 1. The van der Waals surface area contributed by atoms with Crippen LogP contribution in [0.3, 0.4) is 0 Å². The number of hydrogen-bond acceptors (Lipinski definition) is 5. The number of benzene rings is 3. The van der Waals surface area contributed by atoms with Crippen LogP contribution in [0.1, 0.15) is 27.5 Å². The molecule has 34 heavy (non-hydrogen) atoms. The van der Waals surface area contributed by atoms with E-state index in [1.54, 1.807) is 25.3 Å². The van der Waals surface area contributed by atoms with E-state index in [4.69, 9.17) is 9.47 Å². The maximum absolute atomic E-state index is 13.2. The molecule has 1 saturated heterocycles. The Morgan fingerprint density at radius 1 is 0.912 bits per heavy atom. The molecule has 3 aromatic carbocycles. The third kappa shape index (κ3) is 6.37. The molecule has 0 bridgehead atoms. The highest BCUT2D eigenvalue weighted by molar-refractivity contribution is 5.95. The molecular weight excluding hydrogens is 426 g/mol. The van der Waals surface area contributed by atoms with E-state index in [0.29, 0.717) is 23.7 Å². The summed E-state index contributed by atoms with van der Waals surface area (Å²) in [4.78, 5) is 18.0. The van der Waals surface area contributed by atoms with Gasteiger partial charge in [0, 0.05) is 38.3 Å². The lowest BCUT2D eigenvalue weighted by atomic mass is 10.0. The molecule has 6 nitrogen and oxygen atoms in total. The van der Waals surface area contributed by atoms with Gasteiger partial charge in [0.15, 0.2) is 11.5 Å². The molecule has 0 radical (unpaired) electrons. The number of methoxy groups -OCH3 is 1. The summed E-state index contributed by atoms with van der Waals surface area (Å²) < 4.78 is 11.5. The Morgan fingerprint density at radius 2 is 1.59 bits per heavy atom. The van der Waals surface area contributed by atoms with Gasteiger partial charge in [-0.25, -0.2) is 0 Å². The van der Waals surface area contributed by atoms with Crippen LogP contribution >= 0.6 is 0 Å². The van der Waals surface area contributed by atoms with Crippen molar-refractivity contribution in [2.45, 2.75) is 12.6 Å². The van der Waals surface area contributed by atoms with Gasteiger partial charge in [-0.3, -0.25) is 9.69 Å². The zero-order valence-electron chi connectivity index (χ0n) is 19.9. The number of carbonyl (C=O) groups excluding carboxylic acids is 1. The van der Waals surface area contributed by atoms with E-state index in [2.05, 4.69) is 34.3 Å². The van der Waals surface area contributed by atoms with Crippen LogP contribution < -0.4 is 14.8 Å². The summed E-state index contributed by atoms with van der Waals surface area (Å²) in [5.41, 5.74) is 2.72. The second-order valence-corrected chi connectivity index (χ2v) is 8.68. The van der Waals surface area contributed by atoms with Crippen LogP contribution in [0, 0.1) is 0 Å². The molecule has 4 rings (SSSR count). The lowest BCUT2D eigenvalue weighted by Crippen LogP contribution is -2.47. The highest BCUT2D eigenvalue weighted by Crippen LogP contribution is 2.29. The fraction of sp³-hybridized carbons (Fsp3) is 0.321. The number of amides is 1. The van der Waals surface area contributed by atoms with Gasteiger partial charge >= 0.3 is 0 Å². The fourth-order valence-corrected chi connectivity index (χ4v) is 4.11. The van der Waals surface area contributed by atoms with Gasteiger partial charge in [0.05, 0.1) is 13.2 Å². The molecule has 1 heterocycles. The van der Waals surface area contributed by atoms with E-state index >= 15 is 0 Å². The molecule has 1 fully saturated rings. The number of piperazine rings is 1. The number of carbonyl (C=O) groups is 1. The molecule has 1 aliphatic heterocycles. The maximum atomic E-state index is 13.2. The van der Waals surface area contributed by atoms with Gasteiger partial charge in [0.2, 0.25) is 0 Å². The minimum Gasteiger partial charge on any atom is -0.493 e. The molecule has 1 unspecified atom stereocenters. The summed E-state index contributed by atoms with van der Waals surface area (Å²) in [6.07, 6.45) is 0. The quantitative estimate of drug-likeness (QED) is 0.524. The average Bonchev–Trinajstić information content (AvgIpc) is 2.89. The summed E-state index contributed by atoms with van der Waals surface area (Å²) in [5.74, 6) is 1.02. The SMILES string of the molecule is COc1cc(C(=O)NC(CN2CCN(C)CC2)c2ccccc2)ccc1OCc1ccccc1. The molecule has 0 aromatic heterocycles. The van der Waals surface area contributed by atoms with Gasteiger partial charge in [-0.2, -0.15) is 0 Å². The summed E-state index contributed by atoms with van der Waals surface area (Å²) in [5, 5.41) is 3.25. The summed E-state index contributed by atoms with van der Waals surface area (Å²) in [6, 6.07) is 25.4. The zero-order valence-corrected chi connectivity index (χ0v) is 19.9. The normalized spacial score (nSPS) is 15.5. The minimum absolute atomic E-state index is 0.0999. The van der Waals surface area contributed by atoms with Crippen LogP contribution in [0.25, 0.3) is 0 Å². The number of nitrogens with one attached hydrogen (secondary N) is 1. The molecule has 0 spiro atoms. The molecule has 1 atom stereocenters. The molecule has 3 aromatic rings. The predicted molar refractivity (Wildman–Crippen MR) is 134 cm³/mol. The largest absolute Gasteiger partial charge is 0.493 e. The van der Waals surface area contributed by atoms with Crippen molar-refractivity contribution < 1.29 is 14.3 Å². The Bertz CT molecular complexity index is 1050. The van der Waals surface area contributed by atoms with Crippen molar-refractivity contribution in [3.63, 3.8) is 0 Å². The van der Waals surface area contributed by atoms with E-state index in [1.165, 1.54) is 0 Å². The summed E-state index contributed by atoms with van der Waals surface area (Å²) in [7, 11) is 3.74. The van der Waals surface area contributed by atoms with Gasteiger partial charge in [-0.15, -0.1) is 0 Å². The van der Waals surface area contributed by atoms with E-state index in [0.717, 1.165) is 43.9 Å². The minimum atomic E-state index is -0.129. The predicted octanol–water partition coefficient (Wildman–Crippen LogP) is 3.99. The standard InChI is InChI=1S/C28H33N3O3/c1-30-15-17-31(18-16-30)20-25(23-11-7-4-8-12-23)29-28(32)24-13-14-26(27(19-24)33-2)34-21-22-9-5-3-6-10-22/h3-14,19,25H,15-18,20-21H2,1-2H3,(H,29,32). The van der Waals surface area contributed by atoms with Crippen molar-refractivity contribution in [3.05, 3.63) is 95.6 Å². The Balaban J connectivity index is 1.46. The van der Waals surface area contributed by atoms with Gasteiger partial charge < -0.3 is 19.7 Å². The second-order valence-electron chi connectivity index (χ2n) is 8.68. The summed E-state index contributed by atoms with van der Waals surface area (Å²) >= 11 is 0. The Kier molecular flexibility index (Phi) is 8.17. The first-order valence-electron chi connectivity index (χ1n) is 11.7. The lowest BCUT2D eigenvalue weighted by Gasteiger charge is -2.35. The Morgan fingerprint density at radius 3 is 2.26 bits per heavy atom. The van der Waals surface area contributed by atoms with Crippen molar-refractivity contribution >= 4 is 5.91 Å². The molecule has 1 amide bonds. The first kappa shape index (κ1) is 23.8. The Labute approximate surface area is 202 Å².